The van der Waals surface area contributed by atoms with Gasteiger partial charge in [-0.3, -0.25) is 9.48 Å². The van der Waals surface area contributed by atoms with Gasteiger partial charge in [0.2, 0.25) is 5.91 Å². The molecule has 1 amide bonds. The monoisotopic (exact) mass is 264 g/mol. The Morgan fingerprint density at radius 2 is 2.47 bits per heavy atom. The third-order valence-corrected chi connectivity index (χ3v) is 4.09. The maximum absolute atomic E-state index is 12.4. The van der Waals surface area contributed by atoms with E-state index in [-0.39, 0.29) is 11.3 Å². The number of amides is 1. The minimum absolute atomic E-state index is 0.200. The highest BCUT2D eigenvalue weighted by Crippen LogP contribution is 2.30. The van der Waals surface area contributed by atoms with Crippen LogP contribution in [0.25, 0.3) is 0 Å². The minimum Gasteiger partial charge on any atom is -0.355 e. The van der Waals surface area contributed by atoms with E-state index in [0.717, 1.165) is 44.3 Å². The van der Waals surface area contributed by atoms with E-state index >= 15 is 0 Å². The van der Waals surface area contributed by atoms with Crippen LogP contribution in [0.4, 0.5) is 0 Å². The maximum atomic E-state index is 12.4. The maximum Gasteiger partial charge on any atom is 0.227 e. The van der Waals surface area contributed by atoms with Gasteiger partial charge in [0.25, 0.3) is 0 Å². The Bertz CT molecular complexity index is 421. The van der Waals surface area contributed by atoms with Crippen LogP contribution >= 0.6 is 0 Å². The Hall–Kier alpha value is -1.36. The van der Waals surface area contributed by atoms with E-state index in [4.69, 9.17) is 0 Å². The Balaban J connectivity index is 1.82. The van der Waals surface area contributed by atoms with Crippen molar-refractivity contribution in [1.29, 1.82) is 0 Å². The summed E-state index contributed by atoms with van der Waals surface area (Å²) in [5.74, 6) is 0.200. The Morgan fingerprint density at radius 1 is 1.63 bits per heavy atom. The topological polar surface area (TPSA) is 59.0 Å². The molecule has 2 rings (SSSR count). The van der Waals surface area contributed by atoms with Gasteiger partial charge < -0.3 is 10.6 Å². The van der Waals surface area contributed by atoms with Gasteiger partial charge in [-0.25, -0.2) is 0 Å². The van der Waals surface area contributed by atoms with E-state index in [1.165, 1.54) is 0 Å². The molecule has 1 aromatic heterocycles. The van der Waals surface area contributed by atoms with E-state index in [1.807, 2.05) is 19.4 Å². The number of aromatic nitrogens is 2. The largest absolute Gasteiger partial charge is 0.355 e. The molecular formula is C14H24N4O. The summed E-state index contributed by atoms with van der Waals surface area (Å²) in [4.78, 5) is 12.4. The molecule has 1 fully saturated rings. The number of piperidine rings is 1. The second-order valence-electron chi connectivity index (χ2n) is 5.44. The quantitative estimate of drug-likeness (QED) is 0.829. The van der Waals surface area contributed by atoms with E-state index in [2.05, 4.69) is 22.7 Å². The smallest absolute Gasteiger partial charge is 0.227 e. The Labute approximate surface area is 114 Å². The zero-order valence-electron chi connectivity index (χ0n) is 11.9. The van der Waals surface area contributed by atoms with Gasteiger partial charge in [-0.05, 0) is 37.8 Å². The number of nitrogens with zero attached hydrogens (tertiary/aromatic N) is 2. The zero-order valence-corrected chi connectivity index (χ0v) is 11.9. The van der Waals surface area contributed by atoms with Crippen molar-refractivity contribution >= 4 is 5.91 Å². The lowest BCUT2D eigenvalue weighted by Crippen LogP contribution is -2.50. The third kappa shape index (κ3) is 3.35. The van der Waals surface area contributed by atoms with Crippen LogP contribution in [-0.2, 0) is 18.3 Å². The first-order valence-electron chi connectivity index (χ1n) is 7.13. The van der Waals surface area contributed by atoms with Crippen molar-refractivity contribution < 1.29 is 4.79 Å². The van der Waals surface area contributed by atoms with Crippen LogP contribution in [-0.4, -0.2) is 35.3 Å². The average Bonchev–Trinajstić information content (AvgIpc) is 2.85. The van der Waals surface area contributed by atoms with Crippen LogP contribution in [0, 0.1) is 5.41 Å². The summed E-state index contributed by atoms with van der Waals surface area (Å²) in [7, 11) is 1.90. The molecule has 5 heteroatoms. The van der Waals surface area contributed by atoms with Gasteiger partial charge in [0.15, 0.2) is 0 Å². The Kier molecular flexibility index (Phi) is 4.58. The van der Waals surface area contributed by atoms with Crippen LogP contribution < -0.4 is 10.6 Å². The van der Waals surface area contributed by atoms with Crippen molar-refractivity contribution in [2.75, 3.05) is 19.6 Å². The van der Waals surface area contributed by atoms with Crippen LogP contribution in [0.5, 0.6) is 0 Å². The van der Waals surface area contributed by atoms with Crippen molar-refractivity contribution in [3.8, 4) is 0 Å². The Morgan fingerprint density at radius 3 is 3.05 bits per heavy atom. The fourth-order valence-electron chi connectivity index (χ4n) is 2.73. The molecule has 0 saturated carbocycles. The number of nitrogens with one attached hydrogen (secondary N) is 2. The molecule has 1 aliphatic heterocycles. The predicted molar refractivity (Wildman–Crippen MR) is 74.7 cm³/mol. The molecule has 1 unspecified atom stereocenters. The van der Waals surface area contributed by atoms with Crippen molar-refractivity contribution in [3.63, 3.8) is 0 Å². The number of hydrogen-bond acceptors (Lipinski definition) is 3. The summed E-state index contributed by atoms with van der Waals surface area (Å²) >= 11 is 0. The molecule has 0 spiro atoms. The van der Waals surface area contributed by atoms with Crippen LogP contribution in [0.15, 0.2) is 12.4 Å². The molecule has 0 aliphatic carbocycles. The SMILES string of the molecule is CCC1(C(=O)NCCc2cnn(C)c2)CCCNC1. The molecule has 0 bridgehead atoms. The number of rotatable bonds is 5. The van der Waals surface area contributed by atoms with Gasteiger partial charge >= 0.3 is 0 Å². The third-order valence-electron chi connectivity index (χ3n) is 4.09. The standard InChI is InChI=1S/C14H24N4O/c1-3-14(6-4-7-15-11-14)13(19)16-8-5-12-9-17-18(2)10-12/h9-10,15H,3-8,11H2,1-2H3,(H,16,19). The van der Waals surface area contributed by atoms with Gasteiger partial charge in [-0.2, -0.15) is 5.10 Å². The minimum atomic E-state index is -0.201. The molecule has 1 aromatic rings. The molecule has 0 aromatic carbocycles. The highest BCUT2D eigenvalue weighted by atomic mass is 16.2. The van der Waals surface area contributed by atoms with Gasteiger partial charge in [0.1, 0.15) is 0 Å². The molecular weight excluding hydrogens is 240 g/mol. The van der Waals surface area contributed by atoms with Gasteiger partial charge in [-0.1, -0.05) is 6.92 Å². The normalized spacial score (nSPS) is 23.3. The average molecular weight is 264 g/mol. The van der Waals surface area contributed by atoms with Gasteiger partial charge in [-0.15, -0.1) is 0 Å². The number of carbonyl (C=O) groups is 1. The highest BCUT2D eigenvalue weighted by Gasteiger charge is 2.37. The van der Waals surface area contributed by atoms with E-state index < -0.39 is 0 Å². The van der Waals surface area contributed by atoms with Crippen LogP contribution in [0.2, 0.25) is 0 Å². The molecule has 1 atom stereocenters. The van der Waals surface area contributed by atoms with Crippen LogP contribution in [0.1, 0.15) is 31.7 Å². The summed E-state index contributed by atoms with van der Waals surface area (Å²) in [5.41, 5.74) is 0.961. The molecule has 106 valence electrons. The molecule has 1 saturated heterocycles. The first kappa shape index (κ1) is 14.1. The number of aryl methyl sites for hydroxylation is 1. The fraction of sp³-hybridized carbons (Fsp3) is 0.714. The lowest BCUT2D eigenvalue weighted by Gasteiger charge is -2.35. The van der Waals surface area contributed by atoms with E-state index in [1.54, 1.807) is 4.68 Å². The first-order chi connectivity index (χ1) is 9.16. The molecule has 19 heavy (non-hydrogen) atoms. The lowest BCUT2D eigenvalue weighted by atomic mass is 9.77. The summed E-state index contributed by atoms with van der Waals surface area (Å²) in [6.07, 6.45) is 7.67. The predicted octanol–water partition coefficient (Wildman–Crippen LogP) is 0.859. The van der Waals surface area contributed by atoms with E-state index in [0.29, 0.717) is 6.54 Å². The van der Waals surface area contributed by atoms with Gasteiger partial charge in [0, 0.05) is 26.3 Å². The van der Waals surface area contributed by atoms with Crippen molar-refractivity contribution in [1.82, 2.24) is 20.4 Å². The molecule has 0 radical (unpaired) electrons. The highest BCUT2D eigenvalue weighted by molar-refractivity contribution is 5.83. The number of hydrogen-bond donors (Lipinski definition) is 2. The van der Waals surface area contributed by atoms with E-state index in [9.17, 15) is 4.79 Å². The zero-order chi connectivity index (χ0) is 13.7. The first-order valence-corrected chi connectivity index (χ1v) is 7.13. The fourth-order valence-corrected chi connectivity index (χ4v) is 2.73. The summed E-state index contributed by atoms with van der Waals surface area (Å²) < 4.78 is 1.79. The van der Waals surface area contributed by atoms with Crippen molar-refractivity contribution in [2.24, 2.45) is 12.5 Å². The summed E-state index contributed by atoms with van der Waals surface area (Å²) in [6, 6.07) is 0. The number of carbonyl (C=O) groups excluding carboxylic acids is 1. The second-order valence-corrected chi connectivity index (χ2v) is 5.44. The van der Waals surface area contributed by atoms with Crippen molar-refractivity contribution in [2.45, 2.75) is 32.6 Å². The van der Waals surface area contributed by atoms with Gasteiger partial charge in [0.05, 0.1) is 11.6 Å². The lowest BCUT2D eigenvalue weighted by molar-refractivity contribution is -0.132. The molecule has 2 N–H and O–H groups in total. The molecule has 1 aliphatic rings. The summed E-state index contributed by atoms with van der Waals surface area (Å²) in [5, 5.41) is 10.6. The molecule has 5 nitrogen and oxygen atoms in total. The second kappa shape index (κ2) is 6.19. The van der Waals surface area contributed by atoms with Crippen LogP contribution in [0.3, 0.4) is 0 Å². The van der Waals surface area contributed by atoms with Crippen molar-refractivity contribution in [3.05, 3.63) is 18.0 Å². The molecule has 2 heterocycles. The summed E-state index contributed by atoms with van der Waals surface area (Å²) in [6.45, 7) is 4.63.